The van der Waals surface area contributed by atoms with E-state index in [1.165, 1.54) is 0 Å². The Bertz CT molecular complexity index is 363. The zero-order valence-corrected chi connectivity index (χ0v) is 9.82. The number of nitrogens with zero attached hydrogens (tertiary/aromatic N) is 3. The summed E-state index contributed by atoms with van der Waals surface area (Å²) in [6.45, 7) is 4.76. The third-order valence-corrected chi connectivity index (χ3v) is 1.96. The maximum atomic E-state index is 8.48. The first-order chi connectivity index (χ1) is 8.36. The summed E-state index contributed by atoms with van der Waals surface area (Å²) in [7, 11) is 0. The van der Waals surface area contributed by atoms with E-state index in [1.54, 1.807) is 12.5 Å². The van der Waals surface area contributed by atoms with Crippen LogP contribution in [0.2, 0.25) is 0 Å². The van der Waals surface area contributed by atoms with Crippen LogP contribution >= 0.6 is 0 Å². The highest BCUT2D eigenvalue weighted by molar-refractivity contribution is 5.81. The van der Waals surface area contributed by atoms with Crippen molar-refractivity contribution >= 4 is 5.96 Å². The number of hydrogen-bond donors (Lipinski definition) is 4. The van der Waals surface area contributed by atoms with Crippen molar-refractivity contribution < 1.29 is 0 Å². The molecule has 1 aromatic heterocycles. The Hall–Kier alpha value is -2.07. The standard InChI is InChI=1S/C10H17N7/c1-2-14-10(16-7-11)15-4-3-12-5-9-6-13-8-17-9/h6,8,12H,2-5H2,1H3,(H,13,17)(H2,14,15,16). The Morgan fingerprint density at radius 1 is 1.59 bits per heavy atom. The highest BCUT2D eigenvalue weighted by Crippen LogP contribution is 1.87. The predicted octanol–water partition coefficient (Wildman–Crippen LogP) is -0.465. The molecule has 1 rings (SSSR count). The van der Waals surface area contributed by atoms with Gasteiger partial charge >= 0.3 is 0 Å². The molecule has 0 fully saturated rings. The molecular weight excluding hydrogens is 218 g/mol. The van der Waals surface area contributed by atoms with E-state index in [-0.39, 0.29) is 0 Å². The minimum absolute atomic E-state index is 0.512. The Labute approximate surface area is 100 Å². The van der Waals surface area contributed by atoms with Gasteiger partial charge in [-0.05, 0) is 6.92 Å². The Balaban J connectivity index is 2.10. The van der Waals surface area contributed by atoms with Crippen molar-refractivity contribution in [3.63, 3.8) is 0 Å². The topological polar surface area (TPSA) is 101 Å². The maximum Gasteiger partial charge on any atom is 0.204 e. The van der Waals surface area contributed by atoms with Crippen molar-refractivity contribution in [2.45, 2.75) is 13.5 Å². The monoisotopic (exact) mass is 235 g/mol. The van der Waals surface area contributed by atoms with Crippen LogP contribution in [0.15, 0.2) is 17.5 Å². The van der Waals surface area contributed by atoms with Gasteiger partial charge in [0, 0.05) is 38.1 Å². The lowest BCUT2D eigenvalue weighted by Crippen LogP contribution is -2.38. The molecule has 0 aliphatic rings. The van der Waals surface area contributed by atoms with E-state index in [2.05, 4.69) is 30.9 Å². The van der Waals surface area contributed by atoms with E-state index in [9.17, 15) is 0 Å². The van der Waals surface area contributed by atoms with Crippen molar-refractivity contribution in [1.82, 2.24) is 25.9 Å². The quantitative estimate of drug-likeness (QED) is 0.176. The number of hydrogen-bond acceptors (Lipinski definition) is 4. The minimum Gasteiger partial charge on any atom is -0.354 e. The fourth-order valence-corrected chi connectivity index (χ4v) is 1.22. The third-order valence-electron chi connectivity index (χ3n) is 1.96. The van der Waals surface area contributed by atoms with E-state index in [0.717, 1.165) is 18.8 Å². The molecule has 7 nitrogen and oxygen atoms in total. The molecule has 1 aromatic rings. The predicted molar refractivity (Wildman–Crippen MR) is 65.0 cm³/mol. The largest absolute Gasteiger partial charge is 0.354 e. The Morgan fingerprint density at radius 3 is 3.12 bits per heavy atom. The lowest BCUT2D eigenvalue weighted by atomic mass is 10.4. The number of guanidine groups is 1. The molecule has 0 unspecified atom stereocenters. The van der Waals surface area contributed by atoms with Crippen molar-refractivity contribution in [3.8, 4) is 6.19 Å². The summed E-state index contributed by atoms with van der Waals surface area (Å²) in [5.41, 5.74) is 1.04. The highest BCUT2D eigenvalue weighted by Gasteiger charge is 1.96. The summed E-state index contributed by atoms with van der Waals surface area (Å²) in [6.07, 6.45) is 5.27. The number of rotatable bonds is 6. The molecule has 17 heavy (non-hydrogen) atoms. The van der Waals surface area contributed by atoms with Gasteiger partial charge in [0.05, 0.1) is 6.33 Å². The first-order valence-electron chi connectivity index (χ1n) is 5.48. The van der Waals surface area contributed by atoms with Crippen LogP contribution in [0.5, 0.6) is 0 Å². The zero-order chi connectivity index (χ0) is 12.3. The minimum atomic E-state index is 0.512. The van der Waals surface area contributed by atoms with E-state index >= 15 is 0 Å². The molecule has 0 amide bonds. The maximum absolute atomic E-state index is 8.48. The van der Waals surface area contributed by atoms with E-state index in [4.69, 9.17) is 5.26 Å². The summed E-state index contributed by atoms with van der Waals surface area (Å²) in [4.78, 5) is 11.0. The fraction of sp³-hybridized carbons (Fsp3) is 0.500. The van der Waals surface area contributed by atoms with Crippen LogP contribution in [-0.2, 0) is 6.54 Å². The number of aromatic amines is 1. The molecule has 4 N–H and O–H groups in total. The molecule has 0 radical (unpaired) electrons. The smallest absolute Gasteiger partial charge is 0.204 e. The highest BCUT2D eigenvalue weighted by atomic mass is 15.2. The average molecular weight is 235 g/mol. The van der Waals surface area contributed by atoms with Crippen molar-refractivity contribution in [2.75, 3.05) is 19.6 Å². The summed E-state index contributed by atoms with van der Waals surface area (Å²) in [5.74, 6) is 0.512. The zero-order valence-electron chi connectivity index (χ0n) is 9.82. The Morgan fingerprint density at radius 2 is 2.47 bits per heavy atom. The van der Waals surface area contributed by atoms with Crippen molar-refractivity contribution in [2.24, 2.45) is 4.99 Å². The van der Waals surface area contributed by atoms with E-state index < -0.39 is 0 Å². The van der Waals surface area contributed by atoms with Crippen LogP contribution in [0, 0.1) is 11.5 Å². The van der Waals surface area contributed by atoms with Gasteiger partial charge in [0.15, 0.2) is 6.19 Å². The molecule has 0 aliphatic heterocycles. The normalized spacial score (nSPS) is 10.9. The van der Waals surface area contributed by atoms with Crippen molar-refractivity contribution in [3.05, 3.63) is 18.2 Å². The number of aromatic nitrogens is 2. The van der Waals surface area contributed by atoms with Gasteiger partial charge < -0.3 is 15.6 Å². The molecule has 0 aromatic carbocycles. The van der Waals surface area contributed by atoms with Gasteiger partial charge in [-0.25, -0.2) is 4.98 Å². The van der Waals surface area contributed by atoms with Gasteiger partial charge in [-0.3, -0.25) is 10.3 Å². The molecule has 1 heterocycles. The summed E-state index contributed by atoms with van der Waals surface area (Å²) < 4.78 is 0. The van der Waals surface area contributed by atoms with Gasteiger partial charge in [-0.15, -0.1) is 0 Å². The van der Waals surface area contributed by atoms with E-state index in [1.807, 2.05) is 13.1 Å². The van der Waals surface area contributed by atoms with Crippen LogP contribution in [0.4, 0.5) is 0 Å². The lowest BCUT2D eigenvalue weighted by molar-refractivity contribution is 0.660. The molecule has 0 bridgehead atoms. The van der Waals surface area contributed by atoms with Gasteiger partial charge in [-0.1, -0.05) is 0 Å². The summed E-state index contributed by atoms with van der Waals surface area (Å²) in [6, 6.07) is 0. The van der Waals surface area contributed by atoms with Crippen LogP contribution in [-0.4, -0.2) is 35.6 Å². The van der Waals surface area contributed by atoms with E-state index in [0.29, 0.717) is 19.0 Å². The molecule has 0 spiro atoms. The van der Waals surface area contributed by atoms with Gasteiger partial charge in [0.1, 0.15) is 0 Å². The van der Waals surface area contributed by atoms with Crippen molar-refractivity contribution in [1.29, 1.82) is 5.26 Å². The second kappa shape index (κ2) is 8.13. The molecule has 0 saturated heterocycles. The number of imidazole rings is 1. The lowest BCUT2D eigenvalue weighted by Gasteiger charge is -2.07. The number of H-pyrrole nitrogens is 1. The molecular formula is C10H17N7. The second-order valence-corrected chi connectivity index (χ2v) is 3.24. The van der Waals surface area contributed by atoms with Crippen LogP contribution in [0.25, 0.3) is 0 Å². The van der Waals surface area contributed by atoms with Gasteiger partial charge in [-0.2, -0.15) is 5.26 Å². The summed E-state index contributed by atoms with van der Waals surface area (Å²) in [5, 5.41) is 17.2. The first kappa shape index (κ1) is 13.0. The molecule has 0 atom stereocenters. The molecule has 7 heteroatoms. The number of aliphatic imine (C=N–C) groups is 1. The van der Waals surface area contributed by atoms with Gasteiger partial charge in [0.25, 0.3) is 0 Å². The Kier molecular flexibility index (Phi) is 6.21. The second-order valence-electron chi connectivity index (χ2n) is 3.24. The average Bonchev–Trinajstić information content (AvgIpc) is 2.82. The number of nitriles is 1. The molecule has 0 aliphatic carbocycles. The molecule has 92 valence electrons. The van der Waals surface area contributed by atoms with Crippen LogP contribution in [0.3, 0.4) is 0 Å². The first-order valence-corrected chi connectivity index (χ1v) is 5.48. The van der Waals surface area contributed by atoms with Crippen LogP contribution in [0.1, 0.15) is 12.6 Å². The summed E-state index contributed by atoms with van der Waals surface area (Å²) >= 11 is 0. The molecule has 0 saturated carbocycles. The third kappa shape index (κ3) is 5.53. The van der Waals surface area contributed by atoms with Gasteiger partial charge in [0.2, 0.25) is 5.96 Å². The number of nitrogens with one attached hydrogen (secondary N) is 4. The fourth-order valence-electron chi connectivity index (χ4n) is 1.22. The SMILES string of the molecule is CCN=C(NC#N)NCCNCc1cnc[nH]1. The van der Waals surface area contributed by atoms with Crippen LogP contribution < -0.4 is 16.0 Å².